The number of nitrogens with two attached hydrogens (primary N) is 1. The summed E-state index contributed by atoms with van der Waals surface area (Å²) in [6, 6.07) is 18.4. The summed E-state index contributed by atoms with van der Waals surface area (Å²) in [5, 5.41) is 2.48. The fourth-order valence-electron chi connectivity index (χ4n) is 2.31. The Bertz CT molecular complexity index is 806. The molecule has 0 amide bonds. The van der Waals surface area contributed by atoms with E-state index in [0.717, 1.165) is 10.8 Å². The first-order valence-corrected chi connectivity index (χ1v) is 6.62. The lowest BCUT2D eigenvalue weighted by molar-refractivity contribution is 0.104. The van der Waals surface area contributed by atoms with Crippen LogP contribution < -0.4 is 5.73 Å². The van der Waals surface area contributed by atoms with E-state index in [1.165, 1.54) is 0 Å². The van der Waals surface area contributed by atoms with Crippen molar-refractivity contribution in [2.24, 2.45) is 0 Å². The first kappa shape index (κ1) is 12.7. The molecule has 0 saturated carbocycles. The number of hydrogen-bond acceptors (Lipinski definition) is 2. The number of hydrogen-bond donors (Lipinski definition) is 1. The van der Waals surface area contributed by atoms with Gasteiger partial charge in [0.2, 0.25) is 0 Å². The van der Waals surface area contributed by atoms with E-state index in [9.17, 15) is 4.79 Å². The molecule has 3 aromatic carbocycles. The van der Waals surface area contributed by atoms with Crippen LogP contribution in [0.1, 0.15) is 15.9 Å². The summed E-state index contributed by atoms with van der Waals surface area (Å²) in [7, 11) is 0. The number of halogens is 1. The molecule has 0 spiro atoms. The summed E-state index contributed by atoms with van der Waals surface area (Å²) in [6.45, 7) is 0. The number of ketones is 1. The summed E-state index contributed by atoms with van der Waals surface area (Å²) in [4.78, 5) is 12.7. The molecule has 0 aliphatic carbocycles. The van der Waals surface area contributed by atoms with Crippen LogP contribution >= 0.6 is 11.6 Å². The minimum Gasteiger partial charge on any atom is -0.398 e. The molecule has 20 heavy (non-hydrogen) atoms. The van der Waals surface area contributed by atoms with Gasteiger partial charge in [-0.25, -0.2) is 0 Å². The molecule has 0 heterocycles. The zero-order chi connectivity index (χ0) is 14.1. The average molecular weight is 282 g/mol. The third-order valence-electron chi connectivity index (χ3n) is 3.29. The van der Waals surface area contributed by atoms with Crippen molar-refractivity contribution in [2.45, 2.75) is 0 Å². The number of nitrogen functional groups attached to an aromatic ring is 1. The van der Waals surface area contributed by atoms with Gasteiger partial charge in [0.1, 0.15) is 0 Å². The zero-order valence-corrected chi connectivity index (χ0v) is 11.4. The number of rotatable bonds is 2. The van der Waals surface area contributed by atoms with Crippen LogP contribution in [-0.4, -0.2) is 5.78 Å². The maximum absolute atomic E-state index is 12.7. The van der Waals surface area contributed by atoms with Crippen LogP contribution in [-0.2, 0) is 0 Å². The summed E-state index contributed by atoms with van der Waals surface area (Å²) in [5.41, 5.74) is 7.42. The summed E-state index contributed by atoms with van der Waals surface area (Å²) < 4.78 is 0. The van der Waals surface area contributed by atoms with Crippen molar-refractivity contribution in [3.05, 3.63) is 76.8 Å². The van der Waals surface area contributed by atoms with E-state index < -0.39 is 0 Å². The van der Waals surface area contributed by atoms with E-state index in [4.69, 9.17) is 17.3 Å². The third-order valence-corrected chi connectivity index (χ3v) is 3.53. The van der Waals surface area contributed by atoms with Gasteiger partial charge in [0.15, 0.2) is 5.78 Å². The van der Waals surface area contributed by atoms with Crippen molar-refractivity contribution in [1.29, 1.82) is 0 Å². The number of fused-ring (bicyclic) bond motifs is 1. The van der Waals surface area contributed by atoms with E-state index in [2.05, 4.69) is 0 Å². The molecule has 0 aliphatic rings. The molecule has 0 bridgehead atoms. The van der Waals surface area contributed by atoms with Gasteiger partial charge in [-0.1, -0.05) is 54.1 Å². The number of carbonyl (C=O) groups excluding carboxylic acids is 1. The van der Waals surface area contributed by atoms with Crippen LogP contribution in [0.2, 0.25) is 5.02 Å². The van der Waals surface area contributed by atoms with Crippen LogP contribution in [0.3, 0.4) is 0 Å². The maximum Gasteiger partial charge on any atom is 0.195 e. The first-order chi connectivity index (χ1) is 9.66. The van der Waals surface area contributed by atoms with Gasteiger partial charge < -0.3 is 5.73 Å². The van der Waals surface area contributed by atoms with Gasteiger partial charge in [-0.05, 0) is 29.0 Å². The zero-order valence-electron chi connectivity index (χ0n) is 10.6. The molecular formula is C17H12ClNO. The third kappa shape index (κ3) is 2.15. The molecule has 2 nitrogen and oxygen atoms in total. The molecular weight excluding hydrogens is 270 g/mol. The molecule has 0 fully saturated rings. The molecule has 3 heteroatoms. The van der Waals surface area contributed by atoms with Crippen molar-refractivity contribution in [2.75, 3.05) is 5.73 Å². The van der Waals surface area contributed by atoms with Gasteiger partial charge in [0.05, 0.1) is 0 Å². The van der Waals surface area contributed by atoms with Gasteiger partial charge in [-0.2, -0.15) is 0 Å². The molecule has 3 aromatic rings. The van der Waals surface area contributed by atoms with Crippen molar-refractivity contribution in [3.63, 3.8) is 0 Å². The monoisotopic (exact) mass is 281 g/mol. The van der Waals surface area contributed by atoms with Gasteiger partial charge in [-0.15, -0.1) is 0 Å². The Balaban J connectivity index is 2.18. The Kier molecular flexibility index (Phi) is 3.17. The molecule has 0 aliphatic heterocycles. The Morgan fingerprint density at radius 3 is 2.45 bits per heavy atom. The molecule has 98 valence electrons. The second-order valence-electron chi connectivity index (χ2n) is 4.59. The Labute approximate surface area is 121 Å². The second kappa shape index (κ2) is 4.99. The Hall–Kier alpha value is -2.32. The molecule has 0 radical (unpaired) electrons. The van der Waals surface area contributed by atoms with Gasteiger partial charge in [0, 0.05) is 21.8 Å². The number of anilines is 1. The molecule has 2 N–H and O–H groups in total. The standard InChI is InChI=1S/C17H12ClNO/c18-12-8-9-15(16(19)10-12)17(20)14-7-3-5-11-4-1-2-6-13(11)14/h1-10H,19H2. The Morgan fingerprint density at radius 1 is 0.900 bits per heavy atom. The molecule has 0 atom stereocenters. The maximum atomic E-state index is 12.7. The SMILES string of the molecule is Nc1cc(Cl)ccc1C(=O)c1cccc2ccccc12. The smallest absolute Gasteiger partial charge is 0.195 e. The van der Waals surface area contributed by atoms with E-state index >= 15 is 0 Å². The second-order valence-corrected chi connectivity index (χ2v) is 5.02. The molecule has 0 saturated heterocycles. The highest BCUT2D eigenvalue weighted by molar-refractivity contribution is 6.31. The molecule has 0 aromatic heterocycles. The fourth-order valence-corrected chi connectivity index (χ4v) is 2.49. The molecule has 3 rings (SSSR count). The first-order valence-electron chi connectivity index (χ1n) is 6.24. The lowest BCUT2D eigenvalue weighted by Gasteiger charge is -2.08. The van der Waals surface area contributed by atoms with Crippen molar-refractivity contribution in [3.8, 4) is 0 Å². The van der Waals surface area contributed by atoms with E-state index in [0.29, 0.717) is 21.8 Å². The van der Waals surface area contributed by atoms with E-state index in [1.54, 1.807) is 18.2 Å². The predicted octanol–water partition coefficient (Wildman–Crippen LogP) is 4.31. The average Bonchev–Trinajstić information content (AvgIpc) is 2.46. The lowest BCUT2D eigenvalue weighted by atomic mass is 9.96. The van der Waals surface area contributed by atoms with E-state index in [-0.39, 0.29) is 5.78 Å². The topological polar surface area (TPSA) is 43.1 Å². The van der Waals surface area contributed by atoms with Crippen LogP contribution in [0.5, 0.6) is 0 Å². The minimum atomic E-state index is -0.0871. The largest absolute Gasteiger partial charge is 0.398 e. The predicted molar refractivity (Wildman–Crippen MR) is 83.2 cm³/mol. The van der Waals surface area contributed by atoms with Gasteiger partial charge in [0.25, 0.3) is 0 Å². The highest BCUT2D eigenvalue weighted by Crippen LogP contribution is 2.25. The van der Waals surface area contributed by atoms with Gasteiger partial charge in [-0.3, -0.25) is 4.79 Å². The van der Waals surface area contributed by atoms with Crippen molar-refractivity contribution >= 4 is 33.8 Å². The quantitative estimate of drug-likeness (QED) is 0.562. The highest BCUT2D eigenvalue weighted by Gasteiger charge is 2.14. The normalized spacial score (nSPS) is 10.7. The highest BCUT2D eigenvalue weighted by atomic mass is 35.5. The van der Waals surface area contributed by atoms with Crippen molar-refractivity contribution < 1.29 is 4.79 Å². The van der Waals surface area contributed by atoms with Crippen LogP contribution in [0.25, 0.3) is 10.8 Å². The number of carbonyl (C=O) groups is 1. The summed E-state index contributed by atoms with van der Waals surface area (Å²) in [6.07, 6.45) is 0. The van der Waals surface area contributed by atoms with Crippen LogP contribution in [0, 0.1) is 0 Å². The van der Waals surface area contributed by atoms with Gasteiger partial charge >= 0.3 is 0 Å². The van der Waals surface area contributed by atoms with Crippen LogP contribution in [0.4, 0.5) is 5.69 Å². The summed E-state index contributed by atoms with van der Waals surface area (Å²) in [5.74, 6) is -0.0871. The minimum absolute atomic E-state index is 0.0871. The lowest BCUT2D eigenvalue weighted by Crippen LogP contribution is -2.05. The van der Waals surface area contributed by atoms with Crippen molar-refractivity contribution in [1.82, 2.24) is 0 Å². The fraction of sp³-hybridized carbons (Fsp3) is 0. The summed E-state index contributed by atoms with van der Waals surface area (Å²) >= 11 is 5.87. The number of benzene rings is 3. The molecule has 0 unspecified atom stereocenters. The van der Waals surface area contributed by atoms with E-state index in [1.807, 2.05) is 42.5 Å². The Morgan fingerprint density at radius 2 is 1.65 bits per heavy atom. The van der Waals surface area contributed by atoms with Crippen LogP contribution in [0.15, 0.2) is 60.7 Å².